The lowest BCUT2D eigenvalue weighted by Crippen LogP contribution is -2.02. The molecule has 0 aliphatic heterocycles. The second kappa shape index (κ2) is 5.54. The Bertz CT molecular complexity index is 846. The molecule has 1 aromatic heterocycles. The molecule has 0 unspecified atom stereocenters. The van der Waals surface area contributed by atoms with Gasteiger partial charge in [0.2, 0.25) is 0 Å². The van der Waals surface area contributed by atoms with Gasteiger partial charge >= 0.3 is 0 Å². The van der Waals surface area contributed by atoms with Crippen LogP contribution in [0.1, 0.15) is 30.0 Å². The Labute approximate surface area is 135 Å². The molecule has 4 nitrogen and oxygen atoms in total. The number of anilines is 1. The highest BCUT2D eigenvalue weighted by Crippen LogP contribution is 2.30. The first-order chi connectivity index (χ1) is 11.3. The summed E-state index contributed by atoms with van der Waals surface area (Å²) in [6, 6.07) is 14.8. The van der Waals surface area contributed by atoms with E-state index in [4.69, 9.17) is 5.73 Å². The number of aryl methyl sites for hydroxylation is 3. The van der Waals surface area contributed by atoms with Crippen LogP contribution in [0.15, 0.2) is 42.5 Å². The topological polar surface area (TPSA) is 56.7 Å². The molecule has 3 aromatic rings. The van der Waals surface area contributed by atoms with Crippen molar-refractivity contribution in [1.29, 1.82) is 0 Å². The Hall–Kier alpha value is -2.62. The molecule has 2 N–H and O–H groups in total. The molecule has 0 fully saturated rings. The molecule has 0 saturated heterocycles. The van der Waals surface area contributed by atoms with Crippen LogP contribution in [0.4, 0.5) is 5.82 Å². The highest BCUT2D eigenvalue weighted by Gasteiger charge is 2.16. The lowest BCUT2D eigenvalue weighted by Gasteiger charge is -2.06. The number of hydrogen-bond donors (Lipinski definition) is 1. The van der Waals surface area contributed by atoms with Crippen molar-refractivity contribution in [1.82, 2.24) is 15.0 Å². The number of nitrogen functional groups attached to an aromatic ring is 1. The van der Waals surface area contributed by atoms with Crippen molar-refractivity contribution >= 4 is 5.82 Å². The van der Waals surface area contributed by atoms with Gasteiger partial charge in [0.25, 0.3) is 0 Å². The van der Waals surface area contributed by atoms with Crippen LogP contribution in [0, 0.1) is 0 Å². The van der Waals surface area contributed by atoms with E-state index in [-0.39, 0.29) is 0 Å². The summed E-state index contributed by atoms with van der Waals surface area (Å²) in [6.45, 7) is 2.14. The van der Waals surface area contributed by atoms with Gasteiger partial charge in [-0.05, 0) is 60.6 Å². The maximum absolute atomic E-state index is 6.32. The van der Waals surface area contributed by atoms with Crippen LogP contribution in [0.25, 0.3) is 16.9 Å². The predicted octanol–water partition coefficient (Wildman–Crippen LogP) is 3.57. The second-order valence-electron chi connectivity index (χ2n) is 6.09. The zero-order valence-corrected chi connectivity index (χ0v) is 13.3. The van der Waals surface area contributed by atoms with Crippen LogP contribution in [0.2, 0.25) is 0 Å². The lowest BCUT2D eigenvalue weighted by molar-refractivity contribution is 0.810. The van der Waals surface area contributed by atoms with Crippen molar-refractivity contribution in [3.63, 3.8) is 0 Å². The fourth-order valence-electron chi connectivity index (χ4n) is 3.28. The molecule has 4 heteroatoms. The minimum Gasteiger partial charge on any atom is -0.382 e. The highest BCUT2D eigenvalue weighted by molar-refractivity contribution is 5.72. The van der Waals surface area contributed by atoms with Gasteiger partial charge in [-0.1, -0.05) is 36.4 Å². The summed E-state index contributed by atoms with van der Waals surface area (Å²) < 4.78 is 1.71. The van der Waals surface area contributed by atoms with Crippen molar-refractivity contribution in [3.05, 3.63) is 59.2 Å². The van der Waals surface area contributed by atoms with Gasteiger partial charge in [-0.3, -0.25) is 0 Å². The Kier molecular flexibility index (Phi) is 3.37. The quantitative estimate of drug-likeness (QED) is 0.805. The molecular weight excluding hydrogens is 284 g/mol. The summed E-state index contributed by atoms with van der Waals surface area (Å²) in [5, 5.41) is 8.57. The van der Waals surface area contributed by atoms with Crippen LogP contribution >= 0.6 is 0 Å². The third-order valence-corrected chi connectivity index (χ3v) is 4.67. The average molecular weight is 304 g/mol. The van der Waals surface area contributed by atoms with Gasteiger partial charge in [0.1, 0.15) is 5.69 Å². The maximum atomic E-state index is 6.32. The third kappa shape index (κ3) is 2.40. The van der Waals surface area contributed by atoms with Crippen LogP contribution < -0.4 is 5.73 Å². The van der Waals surface area contributed by atoms with E-state index in [2.05, 4.69) is 47.6 Å². The van der Waals surface area contributed by atoms with E-state index in [0.29, 0.717) is 5.82 Å². The number of hydrogen-bond acceptors (Lipinski definition) is 3. The second-order valence-corrected chi connectivity index (χ2v) is 6.09. The SMILES string of the molecule is CCc1ccc(-n2nnc(-c3ccc4c(c3)CCC4)c2N)cc1. The number of aromatic nitrogens is 3. The Morgan fingerprint density at radius 3 is 2.61 bits per heavy atom. The van der Waals surface area contributed by atoms with E-state index < -0.39 is 0 Å². The molecule has 0 spiro atoms. The summed E-state index contributed by atoms with van der Waals surface area (Å²) in [4.78, 5) is 0. The summed E-state index contributed by atoms with van der Waals surface area (Å²) >= 11 is 0. The van der Waals surface area contributed by atoms with E-state index in [1.165, 1.54) is 29.5 Å². The molecule has 23 heavy (non-hydrogen) atoms. The van der Waals surface area contributed by atoms with Crippen molar-refractivity contribution in [2.45, 2.75) is 32.6 Å². The fourth-order valence-corrected chi connectivity index (χ4v) is 3.28. The normalized spacial score (nSPS) is 13.3. The van der Waals surface area contributed by atoms with Crippen molar-refractivity contribution in [2.24, 2.45) is 0 Å². The van der Waals surface area contributed by atoms with Gasteiger partial charge in [-0.15, -0.1) is 5.10 Å². The minimum absolute atomic E-state index is 0.590. The predicted molar refractivity (Wildman–Crippen MR) is 92.6 cm³/mol. The van der Waals surface area contributed by atoms with Gasteiger partial charge in [0.15, 0.2) is 5.82 Å². The van der Waals surface area contributed by atoms with E-state index >= 15 is 0 Å². The molecule has 0 saturated carbocycles. The van der Waals surface area contributed by atoms with Gasteiger partial charge in [0, 0.05) is 5.56 Å². The van der Waals surface area contributed by atoms with Gasteiger partial charge in [-0.25, -0.2) is 0 Å². The number of nitrogens with zero attached hydrogens (tertiary/aromatic N) is 3. The fraction of sp³-hybridized carbons (Fsp3) is 0.263. The van der Waals surface area contributed by atoms with Crippen LogP contribution in [-0.4, -0.2) is 15.0 Å². The van der Waals surface area contributed by atoms with Crippen LogP contribution in [-0.2, 0) is 19.3 Å². The first-order valence-electron chi connectivity index (χ1n) is 8.19. The van der Waals surface area contributed by atoms with E-state index in [1.54, 1.807) is 4.68 Å². The van der Waals surface area contributed by atoms with Crippen molar-refractivity contribution < 1.29 is 0 Å². The monoisotopic (exact) mass is 304 g/mol. The summed E-state index contributed by atoms with van der Waals surface area (Å²) in [5.41, 5.74) is 13.3. The molecule has 0 atom stereocenters. The summed E-state index contributed by atoms with van der Waals surface area (Å²) in [7, 11) is 0. The molecule has 1 aliphatic rings. The average Bonchev–Trinajstić information content (AvgIpc) is 3.20. The van der Waals surface area contributed by atoms with Gasteiger partial charge < -0.3 is 5.73 Å². The van der Waals surface area contributed by atoms with Crippen LogP contribution in [0.3, 0.4) is 0 Å². The largest absolute Gasteiger partial charge is 0.382 e. The standard InChI is InChI=1S/C19H20N4/c1-2-13-6-10-17(11-7-13)23-19(20)18(21-22-23)16-9-8-14-4-3-5-15(14)12-16/h6-12H,2-5,20H2,1H3. The Morgan fingerprint density at radius 1 is 1.04 bits per heavy atom. The minimum atomic E-state index is 0.590. The number of nitrogens with two attached hydrogens (primary N) is 1. The van der Waals surface area contributed by atoms with Crippen molar-refractivity contribution in [2.75, 3.05) is 5.73 Å². The molecule has 4 rings (SSSR count). The van der Waals surface area contributed by atoms with E-state index in [9.17, 15) is 0 Å². The maximum Gasteiger partial charge on any atom is 0.155 e. The zero-order chi connectivity index (χ0) is 15.8. The highest BCUT2D eigenvalue weighted by atomic mass is 15.5. The first-order valence-corrected chi connectivity index (χ1v) is 8.19. The van der Waals surface area contributed by atoms with Gasteiger partial charge in [-0.2, -0.15) is 4.68 Å². The molecular formula is C19H20N4. The molecule has 116 valence electrons. The zero-order valence-electron chi connectivity index (χ0n) is 13.3. The first kappa shape index (κ1) is 14.0. The molecule has 0 amide bonds. The molecule has 1 aliphatic carbocycles. The van der Waals surface area contributed by atoms with Crippen molar-refractivity contribution in [3.8, 4) is 16.9 Å². The summed E-state index contributed by atoms with van der Waals surface area (Å²) in [6.07, 6.45) is 4.59. The number of benzene rings is 2. The molecule has 0 radical (unpaired) electrons. The third-order valence-electron chi connectivity index (χ3n) is 4.67. The Balaban J connectivity index is 1.72. The number of rotatable bonds is 3. The van der Waals surface area contributed by atoms with Crippen LogP contribution in [0.5, 0.6) is 0 Å². The summed E-state index contributed by atoms with van der Waals surface area (Å²) in [5.74, 6) is 0.590. The van der Waals surface area contributed by atoms with E-state index in [1.807, 2.05) is 12.1 Å². The lowest BCUT2D eigenvalue weighted by atomic mass is 10.0. The van der Waals surface area contributed by atoms with E-state index in [0.717, 1.165) is 29.8 Å². The van der Waals surface area contributed by atoms with Gasteiger partial charge in [0.05, 0.1) is 5.69 Å². The number of fused-ring (bicyclic) bond motifs is 1. The molecule has 0 bridgehead atoms. The Morgan fingerprint density at radius 2 is 1.83 bits per heavy atom. The molecule has 1 heterocycles. The smallest absolute Gasteiger partial charge is 0.155 e. The molecule has 2 aromatic carbocycles.